The van der Waals surface area contributed by atoms with Crippen LogP contribution >= 0.6 is 0 Å². The molecule has 2 aliphatic rings. The Kier molecular flexibility index (Phi) is 1.71. The minimum absolute atomic E-state index is 0.127. The summed E-state index contributed by atoms with van der Waals surface area (Å²) in [5.41, 5.74) is 1.67. The Labute approximate surface area is 87.0 Å². The largest absolute Gasteiger partial charge is 0.339 e. The van der Waals surface area contributed by atoms with Crippen molar-refractivity contribution < 1.29 is 9.47 Å². The molecule has 0 saturated carbocycles. The maximum atomic E-state index is 5.39. The molecule has 1 fully saturated rings. The van der Waals surface area contributed by atoms with Gasteiger partial charge in [0.1, 0.15) is 5.82 Å². The van der Waals surface area contributed by atoms with Crippen LogP contribution in [0.1, 0.15) is 6.92 Å². The van der Waals surface area contributed by atoms with Crippen molar-refractivity contribution in [3.8, 4) is 0 Å². The minimum atomic E-state index is -0.305. The quantitative estimate of drug-likeness (QED) is 0.752. The Balaban J connectivity index is 1.86. The van der Waals surface area contributed by atoms with Crippen LogP contribution in [0.15, 0.2) is 30.6 Å². The van der Waals surface area contributed by atoms with Crippen molar-refractivity contribution in [2.24, 2.45) is 0 Å². The van der Waals surface area contributed by atoms with E-state index in [1.807, 2.05) is 19.1 Å². The van der Waals surface area contributed by atoms with Gasteiger partial charge < -0.3 is 14.8 Å². The van der Waals surface area contributed by atoms with Crippen LogP contribution < -0.4 is 5.32 Å². The number of hydrogen-bond acceptors (Lipinski definition) is 4. The molecule has 1 saturated heterocycles. The summed E-state index contributed by atoms with van der Waals surface area (Å²) in [6, 6.07) is 1.88. The van der Waals surface area contributed by atoms with E-state index in [-0.39, 0.29) is 12.6 Å². The molecule has 5 heteroatoms. The van der Waals surface area contributed by atoms with E-state index in [0.717, 1.165) is 17.2 Å². The molecule has 5 nitrogen and oxygen atoms in total. The fourth-order valence-electron chi connectivity index (χ4n) is 1.68. The first kappa shape index (κ1) is 8.70. The smallest absolute Gasteiger partial charge is 0.204 e. The summed E-state index contributed by atoms with van der Waals surface area (Å²) in [5, 5.41) is 7.30. The standard InChI is InChI=1S/C10H11N3O2/c1-6-5-8(10-14-7(2)15-10)12-9-3-4-11-13(6)9/h3-5,7,10,12H,1H2,2H3. The minimum Gasteiger partial charge on any atom is -0.339 e. The number of ether oxygens (including phenoxy) is 2. The lowest BCUT2D eigenvalue weighted by Crippen LogP contribution is -2.42. The second kappa shape index (κ2) is 2.95. The first-order valence-electron chi connectivity index (χ1n) is 4.77. The Morgan fingerprint density at radius 2 is 2.33 bits per heavy atom. The Morgan fingerprint density at radius 3 is 3.07 bits per heavy atom. The number of anilines is 1. The molecule has 1 N–H and O–H groups in total. The number of allylic oxidation sites excluding steroid dienone is 2. The van der Waals surface area contributed by atoms with E-state index >= 15 is 0 Å². The highest BCUT2D eigenvalue weighted by atomic mass is 16.9. The van der Waals surface area contributed by atoms with Gasteiger partial charge in [-0.3, -0.25) is 0 Å². The molecule has 0 atom stereocenters. The van der Waals surface area contributed by atoms with Crippen molar-refractivity contribution in [3.05, 3.63) is 30.6 Å². The van der Waals surface area contributed by atoms with E-state index in [9.17, 15) is 0 Å². The van der Waals surface area contributed by atoms with Crippen molar-refractivity contribution in [2.45, 2.75) is 19.5 Å². The molecule has 1 aromatic rings. The highest BCUT2D eigenvalue weighted by Gasteiger charge is 2.32. The molecule has 0 spiro atoms. The summed E-state index contributed by atoms with van der Waals surface area (Å²) >= 11 is 0. The second-order valence-corrected chi connectivity index (χ2v) is 3.52. The Hall–Kier alpha value is -1.59. The zero-order chi connectivity index (χ0) is 10.4. The molecule has 15 heavy (non-hydrogen) atoms. The zero-order valence-electron chi connectivity index (χ0n) is 8.30. The van der Waals surface area contributed by atoms with Crippen molar-refractivity contribution in [3.63, 3.8) is 0 Å². The van der Waals surface area contributed by atoms with Crippen molar-refractivity contribution >= 4 is 11.5 Å². The van der Waals surface area contributed by atoms with Crippen LogP contribution in [0.4, 0.5) is 5.82 Å². The normalized spacial score (nSPS) is 28.9. The van der Waals surface area contributed by atoms with Gasteiger partial charge in [0.05, 0.1) is 17.6 Å². The van der Waals surface area contributed by atoms with Crippen LogP contribution in [-0.2, 0) is 9.47 Å². The molecular weight excluding hydrogens is 194 g/mol. The van der Waals surface area contributed by atoms with Crippen LogP contribution in [0.2, 0.25) is 0 Å². The molecule has 0 bridgehead atoms. The molecule has 3 heterocycles. The maximum Gasteiger partial charge on any atom is 0.204 e. The van der Waals surface area contributed by atoms with Crippen molar-refractivity contribution in [2.75, 3.05) is 5.32 Å². The lowest BCUT2D eigenvalue weighted by Gasteiger charge is -2.36. The molecule has 1 aromatic heterocycles. The van der Waals surface area contributed by atoms with Crippen LogP contribution in [0.5, 0.6) is 0 Å². The van der Waals surface area contributed by atoms with Crippen LogP contribution in [0, 0.1) is 0 Å². The van der Waals surface area contributed by atoms with Gasteiger partial charge in [0.15, 0.2) is 6.29 Å². The zero-order valence-corrected chi connectivity index (χ0v) is 8.30. The molecule has 0 aromatic carbocycles. The Morgan fingerprint density at radius 1 is 1.53 bits per heavy atom. The lowest BCUT2D eigenvalue weighted by molar-refractivity contribution is -0.358. The summed E-state index contributed by atoms with van der Waals surface area (Å²) < 4.78 is 12.5. The van der Waals surface area contributed by atoms with Crippen LogP contribution in [0.3, 0.4) is 0 Å². The van der Waals surface area contributed by atoms with Crippen LogP contribution in [-0.4, -0.2) is 22.4 Å². The summed E-state index contributed by atoms with van der Waals surface area (Å²) in [6.07, 6.45) is 3.16. The van der Waals surface area contributed by atoms with Gasteiger partial charge in [0, 0.05) is 6.07 Å². The summed E-state index contributed by atoms with van der Waals surface area (Å²) in [5.74, 6) is 0.879. The monoisotopic (exact) mass is 205 g/mol. The fraction of sp³-hybridized carbons (Fsp3) is 0.300. The number of fused-ring (bicyclic) bond motifs is 1. The van der Waals surface area contributed by atoms with Gasteiger partial charge in [0.25, 0.3) is 0 Å². The molecule has 0 amide bonds. The summed E-state index contributed by atoms with van der Waals surface area (Å²) in [7, 11) is 0. The first-order chi connectivity index (χ1) is 7.24. The van der Waals surface area contributed by atoms with Gasteiger partial charge in [-0.05, 0) is 13.0 Å². The number of nitrogens with one attached hydrogen (secondary N) is 1. The molecule has 2 aliphatic heterocycles. The number of rotatable bonds is 1. The SMILES string of the molecule is C=C1C=C(C2OC(C)O2)Nc2ccnn21. The molecular formula is C10H11N3O2. The van der Waals surface area contributed by atoms with E-state index < -0.39 is 0 Å². The topological polar surface area (TPSA) is 48.3 Å². The van der Waals surface area contributed by atoms with Gasteiger partial charge in [-0.15, -0.1) is 0 Å². The molecule has 0 aliphatic carbocycles. The van der Waals surface area contributed by atoms with Crippen molar-refractivity contribution in [1.82, 2.24) is 9.78 Å². The van der Waals surface area contributed by atoms with Gasteiger partial charge in [0.2, 0.25) is 6.29 Å². The number of nitrogens with zero attached hydrogens (tertiary/aromatic N) is 2. The molecule has 0 radical (unpaired) electrons. The van der Waals surface area contributed by atoms with E-state index in [4.69, 9.17) is 9.47 Å². The average molecular weight is 205 g/mol. The first-order valence-corrected chi connectivity index (χ1v) is 4.77. The molecule has 3 rings (SSSR count). The van der Waals surface area contributed by atoms with Crippen LogP contribution in [0.25, 0.3) is 5.70 Å². The van der Waals surface area contributed by atoms with Gasteiger partial charge in [-0.2, -0.15) is 5.10 Å². The maximum absolute atomic E-state index is 5.39. The Bertz CT molecular complexity index is 443. The average Bonchev–Trinajstić information content (AvgIpc) is 2.61. The number of hydrogen-bond donors (Lipinski definition) is 1. The highest BCUT2D eigenvalue weighted by Crippen LogP contribution is 2.29. The van der Waals surface area contributed by atoms with Gasteiger partial charge >= 0.3 is 0 Å². The molecule has 78 valence electrons. The fourth-order valence-corrected chi connectivity index (χ4v) is 1.68. The van der Waals surface area contributed by atoms with Gasteiger partial charge in [-0.25, -0.2) is 4.68 Å². The van der Waals surface area contributed by atoms with E-state index in [0.29, 0.717) is 0 Å². The van der Waals surface area contributed by atoms with Crippen molar-refractivity contribution in [1.29, 1.82) is 0 Å². The van der Waals surface area contributed by atoms with Gasteiger partial charge in [-0.1, -0.05) is 6.58 Å². The highest BCUT2D eigenvalue weighted by molar-refractivity contribution is 5.67. The lowest BCUT2D eigenvalue weighted by atomic mass is 10.2. The predicted molar refractivity (Wildman–Crippen MR) is 54.7 cm³/mol. The predicted octanol–water partition coefficient (Wildman–Crippen LogP) is 1.38. The summed E-state index contributed by atoms with van der Waals surface area (Å²) in [4.78, 5) is 0. The third-order valence-electron chi connectivity index (χ3n) is 2.39. The van der Waals surface area contributed by atoms with E-state index in [1.165, 1.54) is 0 Å². The second-order valence-electron chi connectivity index (χ2n) is 3.52. The van der Waals surface area contributed by atoms with E-state index in [2.05, 4.69) is 17.0 Å². The number of aromatic nitrogens is 2. The van der Waals surface area contributed by atoms with E-state index in [1.54, 1.807) is 10.9 Å². The molecule has 0 unspecified atom stereocenters. The third-order valence-corrected chi connectivity index (χ3v) is 2.39. The summed E-state index contributed by atoms with van der Waals surface area (Å²) in [6.45, 7) is 5.77. The third kappa shape index (κ3) is 1.28.